The van der Waals surface area contributed by atoms with Crippen molar-refractivity contribution in [1.29, 1.82) is 0 Å². The highest BCUT2D eigenvalue weighted by atomic mass is 35.5. The lowest BCUT2D eigenvalue weighted by Gasteiger charge is -2.29. The maximum atomic E-state index is 13.3. The molecule has 170 valence electrons. The molecular weight excluding hydrogens is 442 g/mol. The Balaban J connectivity index is 1.46. The van der Waals surface area contributed by atoms with Gasteiger partial charge in [0.1, 0.15) is 5.69 Å². The molecule has 1 aliphatic heterocycles. The van der Waals surface area contributed by atoms with Gasteiger partial charge in [0, 0.05) is 36.4 Å². The molecule has 1 aliphatic rings. The first kappa shape index (κ1) is 22.6. The molecule has 0 bridgehead atoms. The molecule has 0 radical (unpaired) electrons. The zero-order valence-corrected chi connectivity index (χ0v) is 18.9. The maximum Gasteiger partial charge on any atom is 0.269 e. The van der Waals surface area contributed by atoms with Crippen LogP contribution in [-0.4, -0.2) is 48.1 Å². The number of carbonyl (C=O) groups excluding carboxylic acids is 2. The molecule has 2 amide bonds. The monoisotopic (exact) mass is 465 g/mol. The molecule has 0 saturated carbocycles. The summed E-state index contributed by atoms with van der Waals surface area (Å²) in [5.41, 5.74) is 1.92. The van der Waals surface area contributed by atoms with E-state index in [1.165, 1.54) is 0 Å². The van der Waals surface area contributed by atoms with Gasteiger partial charge in [-0.3, -0.25) is 14.6 Å². The van der Waals surface area contributed by atoms with Gasteiger partial charge in [-0.2, -0.15) is 0 Å². The highest BCUT2D eigenvalue weighted by Gasteiger charge is 2.24. The van der Waals surface area contributed by atoms with Crippen LogP contribution in [0.1, 0.15) is 32.8 Å². The lowest BCUT2D eigenvalue weighted by Crippen LogP contribution is -2.41. The van der Waals surface area contributed by atoms with E-state index in [4.69, 9.17) is 21.1 Å². The number of nitrogens with one attached hydrogen (secondary N) is 1. The minimum atomic E-state index is -0.245. The van der Waals surface area contributed by atoms with Crippen LogP contribution in [0.5, 0.6) is 11.5 Å². The van der Waals surface area contributed by atoms with Crippen molar-refractivity contribution in [2.24, 2.45) is 0 Å². The Hall–Kier alpha value is -3.58. The van der Waals surface area contributed by atoms with Gasteiger partial charge >= 0.3 is 0 Å². The van der Waals surface area contributed by atoms with E-state index in [1.807, 2.05) is 24.3 Å². The van der Waals surface area contributed by atoms with Crippen molar-refractivity contribution in [1.82, 2.24) is 15.2 Å². The highest BCUT2D eigenvalue weighted by molar-refractivity contribution is 6.30. The van der Waals surface area contributed by atoms with Crippen LogP contribution < -0.4 is 14.8 Å². The van der Waals surface area contributed by atoms with E-state index in [0.29, 0.717) is 47.2 Å². The number of halogens is 1. The Bertz CT molecular complexity index is 1120. The third-order valence-electron chi connectivity index (χ3n) is 5.53. The summed E-state index contributed by atoms with van der Waals surface area (Å²) >= 11 is 6.02. The molecule has 4 rings (SSSR count). The lowest BCUT2D eigenvalue weighted by molar-refractivity contribution is 0.0722. The van der Waals surface area contributed by atoms with E-state index in [2.05, 4.69) is 10.3 Å². The minimum Gasteiger partial charge on any atom is -0.454 e. The number of benzene rings is 2. The average Bonchev–Trinajstić information content (AvgIpc) is 3.32. The number of ether oxygens (including phenoxy) is 2. The van der Waals surface area contributed by atoms with Crippen molar-refractivity contribution < 1.29 is 19.1 Å². The Kier molecular flexibility index (Phi) is 7.10. The van der Waals surface area contributed by atoms with Crippen LogP contribution in [-0.2, 0) is 6.42 Å². The third-order valence-corrected chi connectivity index (χ3v) is 5.78. The molecule has 1 N–H and O–H groups in total. The molecule has 3 aromatic rings. The number of rotatable bonds is 8. The van der Waals surface area contributed by atoms with E-state index in [-0.39, 0.29) is 24.6 Å². The fraction of sp³-hybridized carbons (Fsp3) is 0.240. The van der Waals surface area contributed by atoms with Crippen LogP contribution in [0.4, 0.5) is 0 Å². The molecule has 0 unspecified atom stereocenters. The topological polar surface area (TPSA) is 80.8 Å². The van der Waals surface area contributed by atoms with Crippen LogP contribution in [0.2, 0.25) is 5.02 Å². The van der Waals surface area contributed by atoms with E-state index in [9.17, 15) is 9.59 Å². The van der Waals surface area contributed by atoms with Crippen molar-refractivity contribution in [2.75, 3.05) is 20.4 Å². The van der Waals surface area contributed by atoms with Crippen LogP contribution >= 0.6 is 11.6 Å². The normalized spacial score (nSPS) is 12.8. The summed E-state index contributed by atoms with van der Waals surface area (Å²) in [6.45, 7) is 0.546. The number of carbonyl (C=O) groups is 2. The van der Waals surface area contributed by atoms with Gasteiger partial charge in [-0.05, 0) is 60.9 Å². The molecular formula is C25H24ClN3O4. The largest absolute Gasteiger partial charge is 0.454 e. The quantitative estimate of drug-likeness (QED) is 0.544. The molecule has 0 spiro atoms. The van der Waals surface area contributed by atoms with Crippen LogP contribution in [0.15, 0.2) is 66.9 Å². The summed E-state index contributed by atoms with van der Waals surface area (Å²) in [5.74, 6) is 0.809. The lowest BCUT2D eigenvalue weighted by atomic mass is 10.0. The summed E-state index contributed by atoms with van der Waals surface area (Å²) < 4.78 is 10.7. The first-order chi connectivity index (χ1) is 16.0. The Morgan fingerprint density at radius 3 is 2.64 bits per heavy atom. The molecule has 0 fully saturated rings. The fourth-order valence-corrected chi connectivity index (χ4v) is 3.79. The summed E-state index contributed by atoms with van der Waals surface area (Å²) in [6, 6.07) is 17.7. The van der Waals surface area contributed by atoms with Crippen molar-refractivity contribution in [3.05, 3.63) is 88.7 Å². The van der Waals surface area contributed by atoms with Gasteiger partial charge in [0.15, 0.2) is 11.5 Å². The molecule has 33 heavy (non-hydrogen) atoms. The number of amides is 2. The second kappa shape index (κ2) is 10.4. The van der Waals surface area contributed by atoms with Crippen molar-refractivity contribution in [3.8, 4) is 11.5 Å². The van der Waals surface area contributed by atoms with Gasteiger partial charge < -0.3 is 19.7 Å². The van der Waals surface area contributed by atoms with Crippen molar-refractivity contribution in [2.45, 2.75) is 18.9 Å². The summed E-state index contributed by atoms with van der Waals surface area (Å²) in [4.78, 5) is 31.4. The smallest absolute Gasteiger partial charge is 0.269 e. The van der Waals surface area contributed by atoms with Crippen molar-refractivity contribution >= 4 is 23.4 Å². The number of hydrogen-bond donors (Lipinski definition) is 1. The van der Waals surface area contributed by atoms with E-state index >= 15 is 0 Å². The Morgan fingerprint density at radius 1 is 1.09 bits per heavy atom. The predicted octanol–water partition coefficient (Wildman–Crippen LogP) is 3.97. The Morgan fingerprint density at radius 2 is 1.88 bits per heavy atom. The minimum absolute atomic E-state index is 0.136. The van der Waals surface area contributed by atoms with E-state index in [1.54, 1.807) is 54.5 Å². The summed E-state index contributed by atoms with van der Waals surface area (Å²) in [6.07, 6.45) is 2.76. The fourth-order valence-electron chi connectivity index (χ4n) is 3.66. The second-order valence-electron chi connectivity index (χ2n) is 7.73. The molecule has 2 heterocycles. The number of aromatic nitrogens is 1. The Labute approximate surface area is 197 Å². The predicted molar refractivity (Wildman–Crippen MR) is 125 cm³/mol. The average molecular weight is 466 g/mol. The first-order valence-electron chi connectivity index (χ1n) is 10.6. The van der Waals surface area contributed by atoms with E-state index < -0.39 is 0 Å². The van der Waals surface area contributed by atoms with Gasteiger partial charge in [0.05, 0.1) is 0 Å². The van der Waals surface area contributed by atoms with Gasteiger partial charge in [-0.25, -0.2) is 0 Å². The molecule has 0 saturated heterocycles. The van der Waals surface area contributed by atoms with Crippen LogP contribution in [0.25, 0.3) is 0 Å². The summed E-state index contributed by atoms with van der Waals surface area (Å²) in [7, 11) is 1.77. The molecule has 7 nitrogen and oxygen atoms in total. The number of hydrogen-bond acceptors (Lipinski definition) is 5. The van der Waals surface area contributed by atoms with Gasteiger partial charge in [-0.1, -0.05) is 29.8 Å². The first-order valence-corrected chi connectivity index (χ1v) is 11.0. The molecule has 8 heteroatoms. The zero-order valence-electron chi connectivity index (χ0n) is 18.2. The van der Waals surface area contributed by atoms with E-state index in [0.717, 1.165) is 5.56 Å². The number of nitrogens with zero attached hydrogens (tertiary/aromatic N) is 2. The van der Waals surface area contributed by atoms with Crippen LogP contribution in [0.3, 0.4) is 0 Å². The van der Waals surface area contributed by atoms with Gasteiger partial charge in [0.2, 0.25) is 6.79 Å². The number of likely N-dealkylation sites (N-methyl/N-ethyl adjacent to an activating group) is 1. The summed E-state index contributed by atoms with van der Waals surface area (Å²) in [5, 5.41) is 3.55. The SMILES string of the molecule is CN(C(=O)c1ccc2c(c1)OCO2)[C@H](CCNC(=O)c1ccccn1)Cc1ccc(Cl)cc1. The molecule has 0 aliphatic carbocycles. The van der Waals surface area contributed by atoms with Crippen LogP contribution in [0, 0.1) is 0 Å². The maximum absolute atomic E-state index is 13.3. The zero-order chi connectivity index (χ0) is 23.2. The van der Waals surface area contributed by atoms with Gasteiger partial charge in [-0.15, -0.1) is 0 Å². The molecule has 1 atom stereocenters. The standard InChI is InChI=1S/C25H24ClN3O4/c1-29(25(31)18-7-10-22-23(15-18)33-16-32-22)20(14-17-5-8-19(26)9-6-17)11-13-28-24(30)21-4-2-3-12-27-21/h2-10,12,15,20H,11,13-14,16H2,1H3,(H,28,30)/t20-/m1/s1. The second-order valence-corrected chi connectivity index (χ2v) is 8.16. The van der Waals surface area contributed by atoms with Crippen molar-refractivity contribution in [3.63, 3.8) is 0 Å². The number of fused-ring (bicyclic) bond motifs is 1. The third kappa shape index (κ3) is 5.62. The van der Waals surface area contributed by atoms with Gasteiger partial charge in [0.25, 0.3) is 11.8 Å². The highest BCUT2D eigenvalue weighted by Crippen LogP contribution is 2.33. The molecule has 2 aromatic carbocycles. The molecule has 1 aromatic heterocycles. The number of pyridine rings is 1.